The van der Waals surface area contributed by atoms with E-state index in [4.69, 9.17) is 0 Å². The van der Waals surface area contributed by atoms with Gasteiger partial charge in [0, 0.05) is 35.9 Å². The van der Waals surface area contributed by atoms with E-state index < -0.39 is 0 Å². The van der Waals surface area contributed by atoms with Crippen molar-refractivity contribution in [2.24, 2.45) is 0 Å². The van der Waals surface area contributed by atoms with Crippen molar-refractivity contribution in [3.8, 4) is 0 Å². The first kappa shape index (κ1) is 17.0. The molecule has 1 saturated heterocycles. The van der Waals surface area contributed by atoms with Gasteiger partial charge in [0.2, 0.25) is 5.91 Å². The van der Waals surface area contributed by atoms with Gasteiger partial charge in [-0.3, -0.25) is 4.79 Å². The number of fused-ring (bicyclic) bond motifs is 1. The first-order valence-corrected chi connectivity index (χ1v) is 9.06. The second kappa shape index (κ2) is 7.81. The zero-order valence-corrected chi connectivity index (χ0v) is 14.7. The van der Waals surface area contributed by atoms with Crippen LogP contribution < -0.4 is 10.6 Å². The number of nitrogens with zero attached hydrogens (tertiary/aromatic N) is 2. The highest BCUT2D eigenvalue weighted by Gasteiger charge is 2.21. The number of rotatable bonds is 7. The van der Waals surface area contributed by atoms with Crippen LogP contribution in [-0.4, -0.2) is 47.6 Å². The van der Waals surface area contributed by atoms with Crippen LogP contribution in [0.1, 0.15) is 26.7 Å². The molecule has 1 fully saturated rings. The van der Waals surface area contributed by atoms with Gasteiger partial charge in [-0.05, 0) is 56.7 Å². The number of hydrogen-bond donors (Lipinski definition) is 2. The molecule has 0 saturated carbocycles. The Labute approximate surface area is 144 Å². The first-order valence-electron chi connectivity index (χ1n) is 9.06. The van der Waals surface area contributed by atoms with Gasteiger partial charge in [0.05, 0.1) is 6.04 Å². The molecule has 1 atom stereocenters. The maximum absolute atomic E-state index is 12.2. The van der Waals surface area contributed by atoms with Crippen molar-refractivity contribution < 1.29 is 4.79 Å². The van der Waals surface area contributed by atoms with Gasteiger partial charge in [-0.2, -0.15) is 0 Å². The summed E-state index contributed by atoms with van der Waals surface area (Å²) in [6, 6.07) is 8.26. The van der Waals surface area contributed by atoms with Crippen LogP contribution in [-0.2, 0) is 11.3 Å². The monoisotopic (exact) mass is 328 g/mol. The van der Waals surface area contributed by atoms with Gasteiger partial charge in [0.15, 0.2) is 0 Å². The summed E-state index contributed by atoms with van der Waals surface area (Å²) in [5, 5.41) is 7.44. The van der Waals surface area contributed by atoms with Gasteiger partial charge >= 0.3 is 0 Å². The molecule has 1 amide bonds. The molecule has 1 aromatic heterocycles. The topological polar surface area (TPSA) is 49.3 Å². The molecule has 1 unspecified atom stereocenters. The van der Waals surface area contributed by atoms with E-state index in [-0.39, 0.29) is 11.9 Å². The van der Waals surface area contributed by atoms with E-state index in [0.717, 1.165) is 51.3 Å². The molecule has 0 radical (unpaired) electrons. The fraction of sp³-hybridized carbons (Fsp3) is 0.526. The number of amides is 1. The Kier molecular flexibility index (Phi) is 5.53. The molecule has 2 heterocycles. The predicted octanol–water partition coefficient (Wildman–Crippen LogP) is 2.67. The summed E-state index contributed by atoms with van der Waals surface area (Å²) < 4.78 is 2.29. The molecule has 5 heteroatoms. The summed E-state index contributed by atoms with van der Waals surface area (Å²) in [7, 11) is 0. The average Bonchev–Trinajstić information content (AvgIpc) is 3.25. The smallest absolute Gasteiger partial charge is 0.241 e. The summed E-state index contributed by atoms with van der Waals surface area (Å²) in [6.07, 6.45) is 4.14. The van der Waals surface area contributed by atoms with Crippen LogP contribution in [0.4, 0.5) is 5.69 Å². The third-order valence-electron chi connectivity index (χ3n) is 4.97. The van der Waals surface area contributed by atoms with Crippen LogP contribution in [0.15, 0.2) is 30.5 Å². The average molecular weight is 328 g/mol. The van der Waals surface area contributed by atoms with Crippen LogP contribution in [0.5, 0.6) is 0 Å². The number of carbonyl (C=O) groups excluding carboxylic acids is 1. The zero-order chi connectivity index (χ0) is 16.9. The third-order valence-corrected chi connectivity index (χ3v) is 4.97. The highest BCUT2D eigenvalue weighted by atomic mass is 16.2. The van der Waals surface area contributed by atoms with E-state index >= 15 is 0 Å². The Balaban J connectivity index is 1.67. The first-order chi connectivity index (χ1) is 11.7. The molecule has 2 N–H and O–H groups in total. The van der Waals surface area contributed by atoms with Gasteiger partial charge in [0.1, 0.15) is 0 Å². The molecule has 1 aliphatic heterocycles. The third kappa shape index (κ3) is 3.79. The minimum Gasteiger partial charge on any atom is -0.346 e. The van der Waals surface area contributed by atoms with Crippen molar-refractivity contribution in [3.63, 3.8) is 0 Å². The number of benzene rings is 1. The van der Waals surface area contributed by atoms with Crippen LogP contribution in [0.3, 0.4) is 0 Å². The van der Waals surface area contributed by atoms with E-state index in [0.29, 0.717) is 0 Å². The van der Waals surface area contributed by atoms with Gasteiger partial charge in [-0.25, -0.2) is 0 Å². The van der Waals surface area contributed by atoms with Crippen molar-refractivity contribution in [1.29, 1.82) is 0 Å². The van der Waals surface area contributed by atoms with Crippen LogP contribution >= 0.6 is 0 Å². The summed E-state index contributed by atoms with van der Waals surface area (Å²) in [5.74, 6) is 0.0767. The SMILES string of the molecule is CCN(CC)CCn1ccc2cc(NC(=O)C3CCCN3)ccc21. The zero-order valence-electron chi connectivity index (χ0n) is 14.7. The molecule has 0 spiro atoms. The molecule has 130 valence electrons. The van der Waals surface area contributed by atoms with Gasteiger partial charge < -0.3 is 20.1 Å². The Morgan fingerprint density at radius 3 is 2.88 bits per heavy atom. The van der Waals surface area contributed by atoms with Crippen LogP contribution in [0.25, 0.3) is 10.9 Å². The fourth-order valence-corrected chi connectivity index (χ4v) is 3.40. The van der Waals surface area contributed by atoms with Crippen molar-refractivity contribution in [1.82, 2.24) is 14.8 Å². The molecule has 3 rings (SSSR count). The summed E-state index contributed by atoms with van der Waals surface area (Å²) in [4.78, 5) is 14.6. The number of aromatic nitrogens is 1. The maximum atomic E-state index is 12.2. The van der Waals surface area contributed by atoms with E-state index in [2.05, 4.69) is 58.3 Å². The molecular formula is C19H28N4O. The lowest BCUT2D eigenvalue weighted by molar-refractivity contribution is -0.117. The fourth-order valence-electron chi connectivity index (χ4n) is 3.40. The number of likely N-dealkylation sites (N-methyl/N-ethyl adjacent to an activating group) is 1. The minimum absolute atomic E-state index is 0.0423. The lowest BCUT2D eigenvalue weighted by Gasteiger charge is -2.18. The van der Waals surface area contributed by atoms with Gasteiger partial charge in [-0.1, -0.05) is 13.8 Å². The van der Waals surface area contributed by atoms with Crippen molar-refractivity contribution >= 4 is 22.5 Å². The quantitative estimate of drug-likeness (QED) is 0.821. The second-order valence-corrected chi connectivity index (χ2v) is 6.45. The van der Waals surface area contributed by atoms with Crippen LogP contribution in [0, 0.1) is 0 Å². The summed E-state index contributed by atoms with van der Waals surface area (Å²) >= 11 is 0. The van der Waals surface area contributed by atoms with Crippen molar-refractivity contribution in [2.75, 3.05) is 31.5 Å². The highest BCUT2D eigenvalue weighted by molar-refractivity contribution is 5.97. The Morgan fingerprint density at radius 1 is 1.33 bits per heavy atom. The minimum atomic E-state index is -0.0423. The molecule has 1 aliphatic rings. The van der Waals surface area contributed by atoms with E-state index in [1.807, 2.05) is 6.07 Å². The Morgan fingerprint density at radius 2 is 2.17 bits per heavy atom. The molecule has 1 aromatic carbocycles. The van der Waals surface area contributed by atoms with E-state index in [1.165, 1.54) is 10.9 Å². The largest absolute Gasteiger partial charge is 0.346 e. The van der Waals surface area contributed by atoms with E-state index in [9.17, 15) is 4.79 Å². The van der Waals surface area contributed by atoms with Gasteiger partial charge in [0.25, 0.3) is 0 Å². The number of hydrogen-bond acceptors (Lipinski definition) is 3. The normalized spacial score (nSPS) is 17.7. The van der Waals surface area contributed by atoms with E-state index in [1.54, 1.807) is 0 Å². The summed E-state index contributed by atoms with van der Waals surface area (Å²) in [5.41, 5.74) is 2.10. The number of nitrogens with one attached hydrogen (secondary N) is 2. The Bertz CT molecular complexity index is 684. The Hall–Kier alpha value is -1.85. The van der Waals surface area contributed by atoms with Crippen molar-refractivity contribution in [3.05, 3.63) is 30.5 Å². The molecular weight excluding hydrogens is 300 g/mol. The predicted molar refractivity (Wildman–Crippen MR) is 99.4 cm³/mol. The lowest BCUT2D eigenvalue weighted by Crippen LogP contribution is -2.35. The standard InChI is InChI=1S/C19H28N4O/c1-3-22(4-2)12-13-23-11-9-15-14-16(7-8-18(15)23)21-19(24)17-6-5-10-20-17/h7-9,11,14,17,20H,3-6,10,12-13H2,1-2H3,(H,21,24). The number of carbonyl (C=O) groups is 1. The maximum Gasteiger partial charge on any atom is 0.241 e. The molecule has 0 aliphatic carbocycles. The lowest BCUT2D eigenvalue weighted by atomic mass is 10.2. The highest BCUT2D eigenvalue weighted by Crippen LogP contribution is 2.21. The second-order valence-electron chi connectivity index (χ2n) is 6.45. The number of anilines is 1. The van der Waals surface area contributed by atoms with Crippen molar-refractivity contribution in [2.45, 2.75) is 39.3 Å². The molecule has 0 bridgehead atoms. The van der Waals surface area contributed by atoms with Gasteiger partial charge in [-0.15, -0.1) is 0 Å². The van der Waals surface area contributed by atoms with Crippen LogP contribution in [0.2, 0.25) is 0 Å². The summed E-state index contributed by atoms with van der Waals surface area (Å²) in [6.45, 7) is 9.55. The molecule has 2 aromatic rings. The molecule has 5 nitrogen and oxygen atoms in total. The molecule has 24 heavy (non-hydrogen) atoms.